The third-order valence-electron chi connectivity index (χ3n) is 6.47. The molecule has 0 unspecified atom stereocenters. The van der Waals surface area contributed by atoms with Crippen LogP contribution in [0.5, 0.6) is 5.75 Å². The van der Waals surface area contributed by atoms with Crippen molar-refractivity contribution in [1.29, 1.82) is 0 Å². The number of aromatic nitrogens is 2. The first-order valence-corrected chi connectivity index (χ1v) is 12.3. The summed E-state index contributed by atoms with van der Waals surface area (Å²) in [7, 11) is 0. The van der Waals surface area contributed by atoms with Gasteiger partial charge in [0.1, 0.15) is 29.7 Å². The standard InChI is InChI=1S/C28H25ClFN5O2/c1-2-26(36)35-13-9-18(10-14-35)20-16-33-28-27(20)23(6-4-12-32-28)34-19-7-8-25(21(29)15-19)37-17-24-22(30)5-3-11-31-24/h2-5,7-8,11-12,15-16,18,33-34H,1,9-10,13-14,17H2. The number of piperidine rings is 1. The van der Waals surface area contributed by atoms with Gasteiger partial charge in [-0.3, -0.25) is 9.78 Å². The van der Waals surface area contributed by atoms with E-state index in [1.807, 2.05) is 17.2 Å². The Balaban J connectivity index is 1.33. The molecule has 2 aliphatic heterocycles. The maximum Gasteiger partial charge on any atom is 0.245 e. The lowest BCUT2D eigenvalue weighted by Crippen LogP contribution is -2.36. The number of aliphatic imine (C=N–C) groups is 1. The van der Waals surface area contributed by atoms with Crippen LogP contribution in [0.4, 0.5) is 15.9 Å². The number of rotatable bonds is 7. The van der Waals surface area contributed by atoms with Crippen LogP contribution in [0.15, 0.2) is 72.2 Å². The number of halogens is 2. The van der Waals surface area contributed by atoms with E-state index in [0.717, 1.165) is 41.2 Å². The number of likely N-dealkylation sites (tertiary alicyclic amines) is 1. The minimum Gasteiger partial charge on any atom is -0.486 e. The van der Waals surface area contributed by atoms with E-state index in [4.69, 9.17) is 16.3 Å². The zero-order valence-electron chi connectivity index (χ0n) is 20.0. The highest BCUT2D eigenvalue weighted by molar-refractivity contribution is 6.32. The first-order valence-electron chi connectivity index (χ1n) is 11.9. The molecular formula is C28H25ClFN5O2. The smallest absolute Gasteiger partial charge is 0.245 e. The Morgan fingerprint density at radius 2 is 2.19 bits per heavy atom. The second kappa shape index (κ2) is 10.9. The van der Waals surface area contributed by atoms with E-state index in [0.29, 0.717) is 23.9 Å². The van der Waals surface area contributed by atoms with Crippen LogP contribution in [0.3, 0.4) is 0 Å². The molecule has 4 heterocycles. The first-order chi connectivity index (χ1) is 18.0. The molecule has 1 aromatic carbocycles. The number of H-pyrrole nitrogens is 1. The van der Waals surface area contributed by atoms with Gasteiger partial charge in [-0.25, -0.2) is 9.38 Å². The summed E-state index contributed by atoms with van der Waals surface area (Å²) in [5, 5.41) is 3.79. The molecule has 188 valence electrons. The molecule has 1 fully saturated rings. The molecule has 1 saturated heterocycles. The van der Waals surface area contributed by atoms with Crippen LogP contribution in [0.25, 0.3) is 5.70 Å². The number of hydrogen-bond acceptors (Lipinski definition) is 5. The fourth-order valence-electron chi connectivity index (χ4n) is 4.57. The summed E-state index contributed by atoms with van der Waals surface area (Å²) in [6.45, 7) is 4.92. The largest absolute Gasteiger partial charge is 0.486 e. The van der Waals surface area contributed by atoms with Gasteiger partial charge in [0.15, 0.2) is 0 Å². The van der Waals surface area contributed by atoms with Gasteiger partial charge in [0.05, 0.1) is 16.3 Å². The van der Waals surface area contributed by atoms with E-state index in [9.17, 15) is 9.18 Å². The number of ether oxygens (including phenoxy) is 1. The van der Waals surface area contributed by atoms with E-state index in [1.165, 1.54) is 24.4 Å². The van der Waals surface area contributed by atoms with Gasteiger partial charge in [0.2, 0.25) is 5.91 Å². The van der Waals surface area contributed by atoms with Gasteiger partial charge in [-0.05, 0) is 60.7 Å². The molecule has 37 heavy (non-hydrogen) atoms. The Bertz CT molecular complexity index is 1430. The molecule has 9 heteroatoms. The molecule has 2 aromatic heterocycles. The highest BCUT2D eigenvalue weighted by Gasteiger charge is 2.28. The lowest BCUT2D eigenvalue weighted by Gasteiger charge is -2.31. The quantitative estimate of drug-likeness (QED) is 0.297. The van der Waals surface area contributed by atoms with Crippen LogP contribution in [-0.2, 0) is 11.4 Å². The molecular weight excluding hydrogens is 493 g/mol. The highest BCUT2D eigenvalue weighted by atomic mass is 35.5. The van der Waals surface area contributed by atoms with Gasteiger partial charge in [-0.1, -0.05) is 23.9 Å². The first kappa shape index (κ1) is 24.6. The summed E-state index contributed by atoms with van der Waals surface area (Å²) in [6.07, 6.45) is 10.0. The van der Waals surface area contributed by atoms with Crippen molar-refractivity contribution in [3.63, 3.8) is 0 Å². The number of allylic oxidation sites excluding steroid dienone is 1. The Labute approximate surface area is 219 Å². The number of fused-ring (bicyclic) bond motifs is 1. The fraction of sp³-hybridized carbons (Fsp3) is 0.214. The van der Waals surface area contributed by atoms with E-state index in [2.05, 4.69) is 32.6 Å². The van der Waals surface area contributed by atoms with Crippen LogP contribution in [0, 0.1) is 5.82 Å². The molecule has 3 aromatic rings. The number of carbonyl (C=O) groups excluding carboxylic acids is 1. The van der Waals surface area contributed by atoms with Crippen molar-refractivity contribution < 1.29 is 13.9 Å². The maximum atomic E-state index is 13.9. The predicted octanol–water partition coefficient (Wildman–Crippen LogP) is 6.00. The molecule has 2 aliphatic rings. The molecule has 0 aliphatic carbocycles. The molecule has 0 saturated carbocycles. The third kappa shape index (κ3) is 5.35. The predicted molar refractivity (Wildman–Crippen MR) is 143 cm³/mol. The molecule has 1 amide bonds. The summed E-state index contributed by atoms with van der Waals surface area (Å²) in [5.41, 5.74) is 7.07. The molecule has 2 N–H and O–H groups in total. The number of nitrogens with zero attached hydrogens (tertiary/aromatic N) is 3. The van der Waals surface area contributed by atoms with Crippen molar-refractivity contribution in [3.8, 4) is 5.75 Å². The Morgan fingerprint density at radius 3 is 2.95 bits per heavy atom. The Morgan fingerprint density at radius 1 is 1.35 bits per heavy atom. The van der Waals surface area contributed by atoms with E-state index < -0.39 is 5.82 Å². The number of pyridine rings is 1. The lowest BCUT2D eigenvalue weighted by atomic mass is 9.87. The minimum atomic E-state index is -0.428. The molecule has 0 bridgehead atoms. The van der Waals surface area contributed by atoms with Gasteiger partial charge in [-0.2, -0.15) is 0 Å². The maximum absolute atomic E-state index is 13.9. The number of benzene rings is 1. The number of nitrogens with one attached hydrogen (secondary N) is 2. The van der Waals surface area contributed by atoms with Crippen LogP contribution in [0.2, 0.25) is 5.02 Å². The van der Waals surface area contributed by atoms with Crippen LogP contribution < -0.4 is 10.1 Å². The zero-order valence-corrected chi connectivity index (χ0v) is 20.8. The van der Waals surface area contributed by atoms with Gasteiger partial charge in [0.25, 0.3) is 0 Å². The third-order valence-corrected chi connectivity index (χ3v) is 6.76. The number of anilines is 1. The number of hydrogen-bond donors (Lipinski definition) is 2. The van der Waals surface area contributed by atoms with E-state index >= 15 is 0 Å². The van der Waals surface area contributed by atoms with Crippen molar-refractivity contribution >= 4 is 40.9 Å². The number of amides is 1. The van der Waals surface area contributed by atoms with Gasteiger partial charge < -0.3 is 19.9 Å². The minimum absolute atomic E-state index is 0.0301. The SMILES string of the molecule is C=CC(=O)N1CCC(c2c[nH]c3c2C(Nc2ccc(OCc4ncccc4F)c(Cl)c2)=C=CC=N3)CC1. The summed E-state index contributed by atoms with van der Waals surface area (Å²) in [4.78, 5) is 25.6. The summed E-state index contributed by atoms with van der Waals surface area (Å²) >= 11 is 6.48. The average molecular weight is 518 g/mol. The summed E-state index contributed by atoms with van der Waals surface area (Å²) in [6, 6.07) is 8.18. The van der Waals surface area contributed by atoms with Crippen molar-refractivity contribution in [3.05, 3.63) is 94.8 Å². The van der Waals surface area contributed by atoms with Crippen molar-refractivity contribution in [2.75, 3.05) is 18.4 Å². The monoisotopic (exact) mass is 517 g/mol. The topological polar surface area (TPSA) is 82.6 Å². The zero-order chi connectivity index (χ0) is 25.8. The van der Waals surface area contributed by atoms with Gasteiger partial charge >= 0.3 is 0 Å². The Hall–Kier alpha value is -4.13. The second-order valence-corrected chi connectivity index (χ2v) is 9.13. The molecule has 7 nitrogen and oxygen atoms in total. The summed E-state index contributed by atoms with van der Waals surface area (Å²) in [5.74, 6) is 0.978. The Kier molecular flexibility index (Phi) is 7.21. The van der Waals surface area contributed by atoms with Gasteiger partial charge in [-0.15, -0.1) is 0 Å². The van der Waals surface area contributed by atoms with Crippen molar-refractivity contribution in [2.24, 2.45) is 4.99 Å². The normalized spacial score (nSPS) is 15.1. The lowest BCUT2D eigenvalue weighted by molar-refractivity contribution is -0.127. The number of carbonyl (C=O) groups is 1. The van der Waals surface area contributed by atoms with Crippen molar-refractivity contribution in [2.45, 2.75) is 25.4 Å². The van der Waals surface area contributed by atoms with Crippen molar-refractivity contribution in [1.82, 2.24) is 14.9 Å². The van der Waals surface area contributed by atoms with E-state index in [1.54, 1.807) is 24.4 Å². The van der Waals surface area contributed by atoms with Gasteiger partial charge in [0, 0.05) is 43.5 Å². The van der Waals surface area contributed by atoms with E-state index in [-0.39, 0.29) is 24.1 Å². The van der Waals surface area contributed by atoms with Crippen LogP contribution in [-0.4, -0.2) is 40.1 Å². The second-order valence-electron chi connectivity index (χ2n) is 8.73. The molecule has 0 radical (unpaired) electrons. The average Bonchev–Trinajstić information content (AvgIpc) is 3.24. The molecule has 5 rings (SSSR count). The molecule has 0 spiro atoms. The number of aromatic amines is 1. The van der Waals surface area contributed by atoms with Crippen LogP contribution in [0.1, 0.15) is 35.6 Å². The molecule has 0 atom stereocenters. The highest BCUT2D eigenvalue weighted by Crippen LogP contribution is 2.39. The fourth-order valence-corrected chi connectivity index (χ4v) is 4.80. The summed E-state index contributed by atoms with van der Waals surface area (Å²) < 4.78 is 19.5. The van der Waals surface area contributed by atoms with Crippen LogP contribution >= 0.6 is 11.6 Å².